The van der Waals surface area contributed by atoms with Crippen LogP contribution in [-0.4, -0.2) is 60.5 Å². The van der Waals surface area contributed by atoms with Crippen LogP contribution in [0.25, 0.3) is 11.1 Å². The predicted molar refractivity (Wildman–Crippen MR) is 137 cm³/mol. The molecule has 2 N–H and O–H groups in total. The molecule has 0 atom stereocenters. The van der Waals surface area contributed by atoms with Gasteiger partial charge in [-0.2, -0.15) is 4.98 Å². The van der Waals surface area contributed by atoms with Gasteiger partial charge in [-0.25, -0.2) is 0 Å². The summed E-state index contributed by atoms with van der Waals surface area (Å²) in [7, 11) is 0. The third kappa shape index (κ3) is 6.72. The van der Waals surface area contributed by atoms with E-state index in [2.05, 4.69) is 15.2 Å². The second kappa shape index (κ2) is 12.3. The summed E-state index contributed by atoms with van der Waals surface area (Å²) in [6.07, 6.45) is 2.57. The number of aliphatic hydroxyl groups is 1. The standard InChI is InChI=1S/C26H34ClN3O5/c1-3-32-23-14-18(15-24(25(23)27)33-4-2)17-30-10-8-19(9-11-30)28-26-29-21-16-20(34-13-5-12-31)6-7-22(21)35-26/h6-7,14-16,19,31H,3-5,8-13,17H2,1-2H3,(H,28,29). The molecule has 35 heavy (non-hydrogen) atoms. The van der Waals surface area contributed by atoms with Gasteiger partial charge in [-0.3, -0.25) is 4.90 Å². The molecule has 0 radical (unpaired) electrons. The Balaban J connectivity index is 1.32. The van der Waals surface area contributed by atoms with Crippen molar-refractivity contribution in [2.24, 2.45) is 0 Å². The van der Waals surface area contributed by atoms with Crippen LogP contribution in [0.2, 0.25) is 5.02 Å². The Bertz CT molecular complexity index is 1070. The van der Waals surface area contributed by atoms with Gasteiger partial charge in [0, 0.05) is 44.8 Å². The van der Waals surface area contributed by atoms with Crippen LogP contribution >= 0.6 is 11.6 Å². The molecule has 0 amide bonds. The number of halogens is 1. The Morgan fingerprint density at radius 2 is 1.80 bits per heavy atom. The van der Waals surface area contributed by atoms with Gasteiger partial charge in [-0.15, -0.1) is 0 Å². The maximum Gasteiger partial charge on any atom is 0.295 e. The zero-order valence-electron chi connectivity index (χ0n) is 20.4. The first-order valence-corrected chi connectivity index (χ1v) is 12.7. The van der Waals surface area contributed by atoms with Crippen molar-refractivity contribution in [3.63, 3.8) is 0 Å². The van der Waals surface area contributed by atoms with Crippen molar-refractivity contribution in [1.29, 1.82) is 0 Å². The van der Waals surface area contributed by atoms with Gasteiger partial charge in [0.15, 0.2) is 5.58 Å². The fraction of sp³-hybridized carbons (Fsp3) is 0.500. The van der Waals surface area contributed by atoms with E-state index in [0.29, 0.717) is 54.8 Å². The van der Waals surface area contributed by atoms with E-state index in [4.69, 9.17) is 35.3 Å². The molecule has 3 aromatic rings. The fourth-order valence-corrected chi connectivity index (χ4v) is 4.44. The summed E-state index contributed by atoms with van der Waals surface area (Å²) in [4.78, 5) is 7.01. The fourth-order valence-electron chi connectivity index (χ4n) is 4.22. The zero-order valence-corrected chi connectivity index (χ0v) is 21.1. The number of fused-ring (bicyclic) bond motifs is 1. The maximum atomic E-state index is 8.90. The number of ether oxygens (including phenoxy) is 3. The number of piperidine rings is 1. The molecule has 190 valence electrons. The number of aliphatic hydroxyl groups excluding tert-OH is 1. The maximum absolute atomic E-state index is 8.90. The van der Waals surface area contributed by atoms with E-state index in [1.165, 1.54) is 0 Å². The minimum atomic E-state index is 0.113. The number of hydrogen-bond acceptors (Lipinski definition) is 8. The summed E-state index contributed by atoms with van der Waals surface area (Å²) in [5.74, 6) is 2.07. The summed E-state index contributed by atoms with van der Waals surface area (Å²) in [5, 5.41) is 12.9. The van der Waals surface area contributed by atoms with Gasteiger partial charge in [-0.1, -0.05) is 11.6 Å². The van der Waals surface area contributed by atoms with Gasteiger partial charge in [0.2, 0.25) is 0 Å². The highest BCUT2D eigenvalue weighted by Crippen LogP contribution is 2.36. The van der Waals surface area contributed by atoms with Crippen molar-refractivity contribution in [3.8, 4) is 17.2 Å². The van der Waals surface area contributed by atoms with E-state index < -0.39 is 0 Å². The Morgan fingerprint density at radius 3 is 2.46 bits per heavy atom. The third-order valence-corrected chi connectivity index (χ3v) is 6.29. The molecule has 1 aliphatic rings. The monoisotopic (exact) mass is 503 g/mol. The van der Waals surface area contributed by atoms with Gasteiger partial charge in [-0.05, 0) is 56.5 Å². The first-order chi connectivity index (χ1) is 17.1. The SMILES string of the molecule is CCOc1cc(CN2CCC(Nc3nc4cc(OCCCO)ccc4o3)CC2)cc(OCC)c1Cl. The Morgan fingerprint density at radius 1 is 1.09 bits per heavy atom. The van der Waals surface area contributed by atoms with Crippen molar-refractivity contribution in [1.82, 2.24) is 9.88 Å². The molecular weight excluding hydrogens is 470 g/mol. The summed E-state index contributed by atoms with van der Waals surface area (Å²) in [6.45, 7) is 8.31. The van der Waals surface area contributed by atoms with E-state index in [1.807, 2.05) is 44.2 Å². The number of likely N-dealkylation sites (tertiary alicyclic amines) is 1. The molecule has 0 unspecified atom stereocenters. The van der Waals surface area contributed by atoms with Crippen molar-refractivity contribution in [3.05, 3.63) is 40.9 Å². The van der Waals surface area contributed by atoms with Crippen molar-refractivity contribution < 1.29 is 23.7 Å². The lowest BCUT2D eigenvalue weighted by atomic mass is 10.0. The quantitative estimate of drug-likeness (QED) is 0.329. The Labute approximate surface area is 211 Å². The van der Waals surface area contributed by atoms with Crippen LogP contribution in [0.4, 0.5) is 6.01 Å². The molecule has 8 nitrogen and oxygen atoms in total. The topological polar surface area (TPSA) is 89.2 Å². The molecule has 1 saturated heterocycles. The highest BCUT2D eigenvalue weighted by Gasteiger charge is 2.22. The van der Waals surface area contributed by atoms with Crippen LogP contribution in [0.3, 0.4) is 0 Å². The summed E-state index contributed by atoms with van der Waals surface area (Å²) < 4.78 is 23.0. The molecule has 2 heterocycles. The predicted octanol–water partition coefficient (Wildman–Crippen LogP) is 5.12. The third-order valence-electron chi connectivity index (χ3n) is 5.92. The average molecular weight is 504 g/mol. The number of nitrogens with one attached hydrogen (secondary N) is 1. The molecule has 0 saturated carbocycles. The number of hydrogen-bond donors (Lipinski definition) is 2. The molecule has 1 aromatic heterocycles. The van der Waals surface area contributed by atoms with Crippen LogP contribution in [0.5, 0.6) is 17.2 Å². The largest absolute Gasteiger partial charge is 0.493 e. The lowest BCUT2D eigenvalue weighted by Crippen LogP contribution is -2.38. The van der Waals surface area contributed by atoms with E-state index in [9.17, 15) is 0 Å². The molecule has 4 rings (SSSR count). The minimum Gasteiger partial charge on any atom is -0.493 e. The van der Waals surface area contributed by atoms with Crippen LogP contribution in [0.1, 0.15) is 38.7 Å². The lowest BCUT2D eigenvalue weighted by molar-refractivity contribution is 0.209. The second-order valence-electron chi connectivity index (χ2n) is 8.54. The molecule has 0 bridgehead atoms. The highest BCUT2D eigenvalue weighted by atomic mass is 35.5. The molecule has 1 aliphatic heterocycles. The number of oxazole rings is 1. The van der Waals surface area contributed by atoms with Crippen LogP contribution in [-0.2, 0) is 6.54 Å². The number of rotatable bonds is 12. The van der Waals surface area contributed by atoms with E-state index in [1.54, 1.807) is 0 Å². The van der Waals surface area contributed by atoms with E-state index >= 15 is 0 Å². The number of anilines is 1. The molecule has 0 aliphatic carbocycles. The van der Waals surface area contributed by atoms with Gasteiger partial charge in [0.25, 0.3) is 6.01 Å². The first kappa shape index (κ1) is 25.4. The number of benzene rings is 2. The number of aromatic nitrogens is 1. The van der Waals surface area contributed by atoms with Crippen LogP contribution in [0.15, 0.2) is 34.7 Å². The van der Waals surface area contributed by atoms with Gasteiger partial charge in [0.05, 0.1) is 19.8 Å². The average Bonchev–Trinajstić information content (AvgIpc) is 3.25. The lowest BCUT2D eigenvalue weighted by Gasteiger charge is -2.32. The van der Waals surface area contributed by atoms with Crippen molar-refractivity contribution >= 4 is 28.7 Å². The van der Waals surface area contributed by atoms with Crippen LogP contribution < -0.4 is 19.5 Å². The highest BCUT2D eigenvalue weighted by molar-refractivity contribution is 6.33. The van der Waals surface area contributed by atoms with E-state index in [-0.39, 0.29) is 6.61 Å². The van der Waals surface area contributed by atoms with Gasteiger partial charge in [0.1, 0.15) is 27.8 Å². The first-order valence-electron chi connectivity index (χ1n) is 12.3. The zero-order chi connectivity index (χ0) is 24.6. The Hall–Kier alpha value is -2.68. The normalized spacial score (nSPS) is 14.9. The number of nitrogens with zero attached hydrogens (tertiary/aromatic N) is 2. The summed E-state index contributed by atoms with van der Waals surface area (Å²) >= 11 is 6.44. The van der Waals surface area contributed by atoms with E-state index in [0.717, 1.165) is 54.9 Å². The molecule has 2 aromatic carbocycles. The van der Waals surface area contributed by atoms with Gasteiger partial charge < -0.3 is 29.1 Å². The molecular formula is C26H34ClN3O5. The molecule has 1 fully saturated rings. The summed E-state index contributed by atoms with van der Waals surface area (Å²) in [6, 6.07) is 10.4. The summed E-state index contributed by atoms with van der Waals surface area (Å²) in [5.41, 5.74) is 2.60. The Kier molecular flexibility index (Phi) is 8.95. The smallest absolute Gasteiger partial charge is 0.295 e. The minimum absolute atomic E-state index is 0.113. The van der Waals surface area contributed by atoms with Crippen molar-refractivity contribution in [2.75, 3.05) is 44.8 Å². The van der Waals surface area contributed by atoms with Crippen molar-refractivity contribution in [2.45, 2.75) is 45.7 Å². The molecule has 9 heteroatoms. The molecule has 0 spiro atoms. The second-order valence-corrected chi connectivity index (χ2v) is 8.92. The van der Waals surface area contributed by atoms with Crippen LogP contribution in [0, 0.1) is 0 Å². The van der Waals surface area contributed by atoms with Gasteiger partial charge >= 0.3 is 0 Å².